The third kappa shape index (κ3) is 4.46. The zero-order chi connectivity index (χ0) is 21.8. The van der Waals surface area contributed by atoms with Crippen molar-refractivity contribution < 1.29 is 19.1 Å². The molecular weight excluding hydrogens is 404 g/mol. The van der Waals surface area contributed by atoms with Gasteiger partial charge in [0.15, 0.2) is 0 Å². The number of benzene rings is 1. The number of amides is 2. The van der Waals surface area contributed by atoms with Crippen molar-refractivity contribution in [3.63, 3.8) is 0 Å². The van der Waals surface area contributed by atoms with Gasteiger partial charge in [0.2, 0.25) is 0 Å². The Morgan fingerprint density at radius 2 is 1.77 bits per heavy atom. The highest BCUT2D eigenvalue weighted by molar-refractivity contribution is 7.20. The van der Waals surface area contributed by atoms with Crippen molar-refractivity contribution in [2.45, 2.75) is 27.2 Å². The van der Waals surface area contributed by atoms with Crippen molar-refractivity contribution in [3.8, 4) is 0 Å². The van der Waals surface area contributed by atoms with Crippen LogP contribution in [-0.2, 0) is 16.0 Å². The summed E-state index contributed by atoms with van der Waals surface area (Å²) in [5, 5.41) is 6.23. The number of fused-ring (bicyclic) bond motifs is 1. The quantitative estimate of drug-likeness (QED) is 0.586. The van der Waals surface area contributed by atoms with E-state index in [0.717, 1.165) is 33.7 Å². The van der Waals surface area contributed by atoms with Crippen LogP contribution >= 0.6 is 11.3 Å². The Labute approximate surface area is 177 Å². The molecule has 8 nitrogen and oxygen atoms in total. The van der Waals surface area contributed by atoms with E-state index in [-0.39, 0.29) is 12.5 Å². The van der Waals surface area contributed by atoms with Crippen LogP contribution in [0.2, 0.25) is 0 Å². The number of nitrogens with one attached hydrogen (secondary N) is 2. The standard InChI is InChI=1S/C21H22N4O4S/c1-5-15-23-12(3)17-11(2)18(30-21(17)25-15)20(28)24-14-8-6-13(7-9-14)19(27)22-10-16(26)29-4/h6-9H,5,10H2,1-4H3,(H,22,27)(H,24,28). The Bertz CT molecular complexity index is 1120. The number of ether oxygens (including phenoxy) is 1. The number of aromatic nitrogens is 2. The topological polar surface area (TPSA) is 110 Å². The normalized spacial score (nSPS) is 10.7. The number of methoxy groups -OCH3 is 1. The molecule has 2 heterocycles. The lowest BCUT2D eigenvalue weighted by molar-refractivity contribution is -0.139. The predicted octanol–water partition coefficient (Wildman–Crippen LogP) is 3.03. The molecule has 9 heteroatoms. The zero-order valence-electron chi connectivity index (χ0n) is 17.2. The highest BCUT2D eigenvalue weighted by Crippen LogP contribution is 2.31. The molecule has 0 bridgehead atoms. The first kappa shape index (κ1) is 21.4. The molecule has 3 rings (SSSR count). The fourth-order valence-corrected chi connectivity index (χ4v) is 4.14. The molecule has 2 aromatic heterocycles. The number of hydrogen-bond donors (Lipinski definition) is 2. The second kappa shape index (κ2) is 9.00. The average molecular weight is 426 g/mol. The minimum atomic E-state index is -0.531. The van der Waals surface area contributed by atoms with Crippen LogP contribution in [0.1, 0.15) is 44.0 Å². The van der Waals surface area contributed by atoms with E-state index in [2.05, 4.69) is 25.3 Å². The van der Waals surface area contributed by atoms with E-state index in [4.69, 9.17) is 0 Å². The smallest absolute Gasteiger partial charge is 0.325 e. The van der Waals surface area contributed by atoms with Gasteiger partial charge in [-0.15, -0.1) is 11.3 Å². The van der Waals surface area contributed by atoms with Gasteiger partial charge in [0.1, 0.15) is 17.2 Å². The molecule has 0 saturated heterocycles. The lowest BCUT2D eigenvalue weighted by atomic mass is 10.1. The van der Waals surface area contributed by atoms with Crippen LogP contribution in [0.15, 0.2) is 24.3 Å². The van der Waals surface area contributed by atoms with Crippen molar-refractivity contribution in [2.75, 3.05) is 19.0 Å². The second-order valence-electron chi connectivity index (χ2n) is 6.61. The summed E-state index contributed by atoms with van der Waals surface area (Å²) in [7, 11) is 1.25. The number of nitrogens with zero attached hydrogens (tertiary/aromatic N) is 2. The van der Waals surface area contributed by atoms with Gasteiger partial charge in [0, 0.05) is 28.8 Å². The third-order valence-corrected chi connectivity index (χ3v) is 5.75. The third-order valence-electron chi connectivity index (χ3n) is 4.57. The zero-order valence-corrected chi connectivity index (χ0v) is 18.0. The van der Waals surface area contributed by atoms with Crippen molar-refractivity contribution in [1.82, 2.24) is 15.3 Å². The first-order valence-electron chi connectivity index (χ1n) is 9.37. The van der Waals surface area contributed by atoms with Gasteiger partial charge in [0.25, 0.3) is 11.8 Å². The van der Waals surface area contributed by atoms with Crippen LogP contribution in [-0.4, -0.2) is 41.4 Å². The average Bonchev–Trinajstić information content (AvgIpc) is 3.09. The van der Waals surface area contributed by atoms with Crippen molar-refractivity contribution in [2.24, 2.45) is 0 Å². The van der Waals surface area contributed by atoms with E-state index in [9.17, 15) is 14.4 Å². The van der Waals surface area contributed by atoms with Gasteiger partial charge in [0.05, 0.1) is 12.0 Å². The maximum absolute atomic E-state index is 12.8. The number of hydrogen-bond acceptors (Lipinski definition) is 7. The van der Waals surface area contributed by atoms with Crippen LogP contribution in [0.25, 0.3) is 10.2 Å². The summed E-state index contributed by atoms with van der Waals surface area (Å²) in [6, 6.07) is 6.41. The van der Waals surface area contributed by atoms with E-state index in [1.54, 1.807) is 24.3 Å². The molecule has 0 fully saturated rings. The Kier molecular flexibility index (Phi) is 6.41. The fourth-order valence-electron chi connectivity index (χ4n) is 2.99. The summed E-state index contributed by atoms with van der Waals surface area (Å²) in [6.07, 6.45) is 0.731. The van der Waals surface area contributed by atoms with E-state index in [0.29, 0.717) is 16.1 Å². The van der Waals surface area contributed by atoms with Gasteiger partial charge in [-0.25, -0.2) is 9.97 Å². The van der Waals surface area contributed by atoms with E-state index in [1.807, 2.05) is 20.8 Å². The summed E-state index contributed by atoms with van der Waals surface area (Å²) in [4.78, 5) is 46.4. The molecule has 0 radical (unpaired) electrons. The summed E-state index contributed by atoms with van der Waals surface area (Å²) in [5.74, 6) is -0.415. The van der Waals surface area contributed by atoms with Crippen LogP contribution in [0.5, 0.6) is 0 Å². The molecule has 0 aliphatic rings. The Hall–Kier alpha value is -3.33. The Morgan fingerprint density at radius 3 is 2.40 bits per heavy atom. The molecule has 2 amide bonds. The van der Waals surface area contributed by atoms with Gasteiger partial charge in [-0.05, 0) is 43.7 Å². The molecule has 156 valence electrons. The van der Waals surface area contributed by atoms with Gasteiger partial charge in [-0.3, -0.25) is 14.4 Å². The van der Waals surface area contributed by atoms with Gasteiger partial charge in [-0.2, -0.15) is 0 Å². The maximum Gasteiger partial charge on any atom is 0.325 e. The summed E-state index contributed by atoms with van der Waals surface area (Å²) < 4.78 is 4.48. The molecular formula is C21H22N4O4S. The molecule has 30 heavy (non-hydrogen) atoms. The fraction of sp³-hybridized carbons (Fsp3) is 0.286. The Morgan fingerprint density at radius 1 is 1.07 bits per heavy atom. The molecule has 0 aliphatic carbocycles. The lowest BCUT2D eigenvalue weighted by Crippen LogP contribution is -2.30. The number of esters is 1. The van der Waals surface area contributed by atoms with Crippen LogP contribution in [0.4, 0.5) is 5.69 Å². The molecule has 0 saturated carbocycles. The van der Waals surface area contributed by atoms with Gasteiger partial charge < -0.3 is 15.4 Å². The first-order chi connectivity index (χ1) is 14.3. The lowest BCUT2D eigenvalue weighted by Gasteiger charge is -2.07. The van der Waals surface area contributed by atoms with Crippen molar-refractivity contribution in [1.29, 1.82) is 0 Å². The van der Waals surface area contributed by atoms with Crippen LogP contribution in [0.3, 0.4) is 0 Å². The number of anilines is 1. The van der Waals surface area contributed by atoms with Crippen LogP contribution < -0.4 is 10.6 Å². The van der Waals surface area contributed by atoms with E-state index >= 15 is 0 Å². The maximum atomic E-state index is 12.8. The summed E-state index contributed by atoms with van der Waals surface area (Å²) in [6.45, 7) is 5.61. The predicted molar refractivity (Wildman–Crippen MR) is 115 cm³/mol. The molecule has 0 aliphatic heterocycles. The number of carbonyl (C=O) groups excluding carboxylic acids is 3. The number of rotatable bonds is 6. The second-order valence-corrected chi connectivity index (χ2v) is 7.60. The summed E-state index contributed by atoms with van der Waals surface area (Å²) in [5.41, 5.74) is 2.64. The van der Waals surface area contributed by atoms with Crippen molar-refractivity contribution >= 4 is 45.0 Å². The molecule has 3 aromatic rings. The molecule has 1 aromatic carbocycles. The largest absolute Gasteiger partial charge is 0.468 e. The minimum Gasteiger partial charge on any atom is -0.468 e. The van der Waals surface area contributed by atoms with Crippen LogP contribution in [0, 0.1) is 13.8 Å². The number of thiophene rings is 1. The molecule has 0 spiro atoms. The highest BCUT2D eigenvalue weighted by Gasteiger charge is 2.19. The first-order valence-corrected chi connectivity index (χ1v) is 10.2. The van der Waals surface area contributed by atoms with E-state index in [1.165, 1.54) is 18.4 Å². The van der Waals surface area contributed by atoms with Gasteiger partial charge in [-0.1, -0.05) is 6.92 Å². The van der Waals surface area contributed by atoms with E-state index < -0.39 is 11.9 Å². The molecule has 0 unspecified atom stereocenters. The molecule has 0 atom stereocenters. The number of aryl methyl sites for hydroxylation is 3. The summed E-state index contributed by atoms with van der Waals surface area (Å²) >= 11 is 1.34. The van der Waals surface area contributed by atoms with Gasteiger partial charge >= 0.3 is 5.97 Å². The monoisotopic (exact) mass is 426 g/mol. The highest BCUT2D eigenvalue weighted by atomic mass is 32.1. The van der Waals surface area contributed by atoms with Crippen molar-refractivity contribution in [3.05, 3.63) is 51.8 Å². The minimum absolute atomic E-state index is 0.207. The Balaban J connectivity index is 1.75. The molecule has 2 N–H and O–H groups in total. The number of carbonyl (C=O) groups is 3. The SMILES string of the molecule is CCc1nc(C)c2c(C)c(C(=O)Nc3ccc(C(=O)NCC(=O)OC)cc3)sc2n1.